The highest BCUT2D eigenvalue weighted by Gasteiger charge is 2.41. The average molecular weight is 302 g/mol. The minimum absolute atomic E-state index is 0.111. The Morgan fingerprint density at radius 2 is 1.77 bits per heavy atom. The first-order valence-corrected chi connectivity index (χ1v) is 8.35. The Morgan fingerprint density at radius 3 is 2.23 bits per heavy atom. The molecule has 3 nitrogen and oxygen atoms in total. The second kappa shape index (κ2) is 6.41. The van der Waals surface area contributed by atoms with Gasteiger partial charge in [-0.3, -0.25) is 4.79 Å². The Morgan fingerprint density at radius 1 is 1.18 bits per heavy atom. The summed E-state index contributed by atoms with van der Waals surface area (Å²) in [6.07, 6.45) is 3.67. The van der Waals surface area contributed by atoms with E-state index in [0.29, 0.717) is 18.9 Å². The Bertz CT molecular complexity index is 511. The molecule has 22 heavy (non-hydrogen) atoms. The van der Waals surface area contributed by atoms with E-state index in [0.717, 1.165) is 6.42 Å². The summed E-state index contributed by atoms with van der Waals surface area (Å²) in [6, 6.07) is 8.61. The van der Waals surface area contributed by atoms with Gasteiger partial charge in [-0.1, -0.05) is 45.0 Å². The number of nitrogens with two attached hydrogens (primary N) is 1. The Hall–Kier alpha value is -1.35. The van der Waals surface area contributed by atoms with E-state index in [-0.39, 0.29) is 16.9 Å². The summed E-state index contributed by atoms with van der Waals surface area (Å²) in [6.45, 7) is 9.22. The van der Waals surface area contributed by atoms with Crippen LogP contribution < -0.4 is 11.1 Å². The van der Waals surface area contributed by atoms with E-state index >= 15 is 0 Å². The molecular weight excluding hydrogens is 272 g/mol. The van der Waals surface area contributed by atoms with Crippen LogP contribution in [-0.4, -0.2) is 18.0 Å². The average Bonchev–Trinajstić information content (AvgIpc) is 3.29. The number of nitrogens with one attached hydrogen (secondary N) is 1. The predicted molar refractivity (Wildman–Crippen MR) is 91.8 cm³/mol. The van der Waals surface area contributed by atoms with Crippen molar-refractivity contribution in [3.05, 3.63) is 35.4 Å². The Labute approximate surface area is 134 Å². The van der Waals surface area contributed by atoms with Crippen LogP contribution >= 0.6 is 0 Å². The topological polar surface area (TPSA) is 55.1 Å². The van der Waals surface area contributed by atoms with Crippen LogP contribution in [0.2, 0.25) is 0 Å². The zero-order chi connectivity index (χ0) is 16.4. The summed E-state index contributed by atoms with van der Waals surface area (Å²) in [4.78, 5) is 12.2. The van der Waals surface area contributed by atoms with Crippen LogP contribution in [0.1, 0.15) is 58.1 Å². The van der Waals surface area contributed by atoms with Crippen molar-refractivity contribution >= 4 is 5.91 Å². The molecule has 3 heteroatoms. The summed E-state index contributed by atoms with van der Waals surface area (Å²) < 4.78 is 0. The van der Waals surface area contributed by atoms with E-state index in [1.807, 2.05) is 0 Å². The van der Waals surface area contributed by atoms with Crippen LogP contribution in [0.3, 0.4) is 0 Å². The van der Waals surface area contributed by atoms with Crippen LogP contribution in [0.5, 0.6) is 0 Å². The fourth-order valence-corrected chi connectivity index (χ4v) is 2.85. The molecule has 1 fully saturated rings. The number of rotatable bonds is 6. The van der Waals surface area contributed by atoms with E-state index in [2.05, 4.69) is 57.3 Å². The normalized spacial score (nSPS) is 17.9. The molecule has 1 aliphatic rings. The number of carbonyl (C=O) groups is 1. The van der Waals surface area contributed by atoms with Crippen LogP contribution in [0.4, 0.5) is 0 Å². The molecule has 0 bridgehead atoms. The van der Waals surface area contributed by atoms with Gasteiger partial charge in [0.15, 0.2) is 0 Å². The number of benzene rings is 1. The third kappa shape index (κ3) is 4.33. The van der Waals surface area contributed by atoms with Gasteiger partial charge in [-0.25, -0.2) is 0 Å². The lowest BCUT2D eigenvalue weighted by molar-refractivity contribution is -0.123. The summed E-state index contributed by atoms with van der Waals surface area (Å²) in [7, 11) is 0. The van der Waals surface area contributed by atoms with E-state index < -0.39 is 0 Å². The molecule has 1 atom stereocenters. The van der Waals surface area contributed by atoms with Crippen LogP contribution in [0.15, 0.2) is 24.3 Å². The molecule has 3 N–H and O–H groups in total. The van der Waals surface area contributed by atoms with E-state index in [1.54, 1.807) is 0 Å². The zero-order valence-electron chi connectivity index (χ0n) is 14.4. The third-order valence-electron chi connectivity index (χ3n) is 4.79. The summed E-state index contributed by atoms with van der Waals surface area (Å²) in [5.74, 6) is 0.673. The molecule has 0 saturated heterocycles. The van der Waals surface area contributed by atoms with Crippen molar-refractivity contribution in [1.29, 1.82) is 0 Å². The summed E-state index contributed by atoms with van der Waals surface area (Å²) >= 11 is 0. The Balaban J connectivity index is 1.86. The SMILES string of the molecule is CC(C)(C)c1ccc(CCC(=O)NC(C)(CN)C2CC2)cc1. The molecule has 2 rings (SSSR count). The molecule has 1 aromatic carbocycles. The summed E-state index contributed by atoms with van der Waals surface area (Å²) in [5, 5.41) is 3.15. The molecule has 0 aliphatic heterocycles. The lowest BCUT2D eigenvalue weighted by Crippen LogP contribution is -2.53. The fraction of sp³-hybridized carbons (Fsp3) is 0.632. The van der Waals surface area contributed by atoms with Crippen LogP contribution in [0, 0.1) is 5.92 Å². The number of hydrogen-bond acceptors (Lipinski definition) is 2. The summed E-state index contributed by atoms with van der Waals surface area (Å²) in [5.41, 5.74) is 8.34. The molecule has 122 valence electrons. The fourth-order valence-electron chi connectivity index (χ4n) is 2.85. The molecule has 1 aliphatic carbocycles. The lowest BCUT2D eigenvalue weighted by atomic mass is 9.86. The molecule has 1 unspecified atom stereocenters. The van der Waals surface area contributed by atoms with Crippen molar-refractivity contribution in [3.8, 4) is 0 Å². The first kappa shape index (κ1) is 17.0. The van der Waals surface area contributed by atoms with Gasteiger partial charge in [-0.15, -0.1) is 0 Å². The quantitative estimate of drug-likeness (QED) is 0.848. The van der Waals surface area contributed by atoms with Crippen molar-refractivity contribution in [3.63, 3.8) is 0 Å². The van der Waals surface area contributed by atoms with Crippen molar-refractivity contribution in [2.24, 2.45) is 11.7 Å². The highest BCUT2D eigenvalue weighted by atomic mass is 16.1. The third-order valence-corrected chi connectivity index (χ3v) is 4.79. The monoisotopic (exact) mass is 302 g/mol. The van der Waals surface area contributed by atoms with Crippen LogP contribution in [-0.2, 0) is 16.6 Å². The van der Waals surface area contributed by atoms with Crippen molar-refractivity contribution in [1.82, 2.24) is 5.32 Å². The highest BCUT2D eigenvalue weighted by molar-refractivity contribution is 5.77. The molecular formula is C19H30N2O. The second-order valence-corrected chi connectivity index (χ2v) is 7.89. The molecule has 1 saturated carbocycles. The smallest absolute Gasteiger partial charge is 0.220 e. The maximum absolute atomic E-state index is 12.2. The van der Waals surface area contributed by atoms with Gasteiger partial charge in [-0.05, 0) is 48.6 Å². The van der Waals surface area contributed by atoms with Crippen molar-refractivity contribution in [2.45, 2.75) is 64.3 Å². The maximum atomic E-state index is 12.2. The standard InChI is InChI=1S/C19H30N2O/c1-18(2,3)15-8-5-14(6-9-15)7-12-17(22)21-19(4,13-20)16-10-11-16/h5-6,8-9,16H,7,10-13,20H2,1-4H3,(H,21,22). The maximum Gasteiger partial charge on any atom is 0.220 e. The molecule has 1 aromatic rings. The molecule has 0 heterocycles. The van der Waals surface area contributed by atoms with Gasteiger partial charge in [0, 0.05) is 13.0 Å². The van der Waals surface area contributed by atoms with Gasteiger partial charge >= 0.3 is 0 Å². The van der Waals surface area contributed by atoms with Crippen molar-refractivity contribution < 1.29 is 4.79 Å². The molecule has 0 spiro atoms. The first-order valence-electron chi connectivity index (χ1n) is 8.35. The van der Waals surface area contributed by atoms with E-state index in [4.69, 9.17) is 5.73 Å². The van der Waals surface area contributed by atoms with Gasteiger partial charge in [0.25, 0.3) is 0 Å². The first-order chi connectivity index (χ1) is 10.2. The zero-order valence-corrected chi connectivity index (χ0v) is 14.4. The van der Waals surface area contributed by atoms with Gasteiger partial charge in [0.1, 0.15) is 0 Å². The van der Waals surface area contributed by atoms with E-state index in [9.17, 15) is 4.79 Å². The van der Waals surface area contributed by atoms with Gasteiger partial charge in [-0.2, -0.15) is 0 Å². The largest absolute Gasteiger partial charge is 0.349 e. The second-order valence-electron chi connectivity index (χ2n) is 7.89. The van der Waals surface area contributed by atoms with Crippen LogP contribution in [0.25, 0.3) is 0 Å². The molecule has 0 radical (unpaired) electrons. The lowest BCUT2D eigenvalue weighted by Gasteiger charge is -2.29. The minimum atomic E-state index is -0.215. The number of hydrogen-bond donors (Lipinski definition) is 2. The van der Waals surface area contributed by atoms with E-state index in [1.165, 1.54) is 24.0 Å². The van der Waals surface area contributed by atoms with Gasteiger partial charge < -0.3 is 11.1 Å². The Kier molecular flexibility index (Phi) is 4.96. The van der Waals surface area contributed by atoms with Gasteiger partial charge in [0.2, 0.25) is 5.91 Å². The predicted octanol–water partition coefficient (Wildman–Crippen LogP) is 3.16. The van der Waals surface area contributed by atoms with Gasteiger partial charge in [0.05, 0.1) is 5.54 Å². The number of aryl methyl sites for hydroxylation is 1. The molecule has 1 amide bonds. The number of amides is 1. The van der Waals surface area contributed by atoms with Crippen molar-refractivity contribution in [2.75, 3.05) is 6.54 Å². The number of carbonyl (C=O) groups excluding carboxylic acids is 1. The molecule has 0 aromatic heterocycles. The minimum Gasteiger partial charge on any atom is -0.349 e. The highest BCUT2D eigenvalue weighted by Crippen LogP contribution is 2.39.